The van der Waals surface area contributed by atoms with Crippen LogP contribution in [0.1, 0.15) is 49.9 Å². The van der Waals surface area contributed by atoms with Crippen LogP contribution in [0.25, 0.3) is 27.5 Å². The van der Waals surface area contributed by atoms with Gasteiger partial charge in [0.05, 0.1) is 33.3 Å². The third-order valence-electron chi connectivity index (χ3n) is 9.61. The van der Waals surface area contributed by atoms with Crippen molar-refractivity contribution in [2.75, 3.05) is 0 Å². The largest absolute Gasteiger partial charge is 0.494 e. The maximum absolute atomic E-state index is 6.39. The summed E-state index contributed by atoms with van der Waals surface area (Å²) >= 11 is 0. The van der Waals surface area contributed by atoms with E-state index in [0.29, 0.717) is 0 Å². The molecule has 4 nitrogen and oxygen atoms in total. The van der Waals surface area contributed by atoms with Gasteiger partial charge >= 0.3 is 7.12 Å². The molecule has 0 N–H and O–H groups in total. The number of nitrogens with zero attached hydrogens (tertiary/aromatic N) is 2. The Hall–Kier alpha value is -4.19. The van der Waals surface area contributed by atoms with Gasteiger partial charge in [-0.1, -0.05) is 84.9 Å². The predicted octanol–water partition coefficient (Wildman–Crippen LogP) is 7.17. The number of benzene rings is 4. The van der Waals surface area contributed by atoms with E-state index in [-0.39, 0.29) is 0 Å². The number of para-hydroxylation sites is 3. The lowest BCUT2D eigenvalue weighted by Crippen LogP contribution is -2.41. The summed E-state index contributed by atoms with van der Waals surface area (Å²) in [7, 11) is -0.409. The molecule has 1 atom stereocenters. The van der Waals surface area contributed by atoms with Crippen LogP contribution >= 0.6 is 0 Å². The lowest BCUT2D eigenvalue weighted by molar-refractivity contribution is 0.00578. The summed E-state index contributed by atoms with van der Waals surface area (Å²) in [6, 6.07) is 37.4. The quantitative estimate of drug-likeness (QED) is 0.226. The summed E-state index contributed by atoms with van der Waals surface area (Å²) in [4.78, 5) is 4.63. The van der Waals surface area contributed by atoms with Crippen molar-refractivity contribution in [3.8, 4) is 5.69 Å². The highest BCUT2D eigenvalue weighted by molar-refractivity contribution is 6.62. The molecular weight excluding hydrogens is 503 g/mol. The fraction of sp³-hybridized carbons (Fsp3) is 0.194. The van der Waals surface area contributed by atoms with Crippen molar-refractivity contribution in [3.63, 3.8) is 0 Å². The highest BCUT2D eigenvalue weighted by Crippen LogP contribution is 2.53. The highest BCUT2D eigenvalue weighted by atomic mass is 16.7. The first kappa shape index (κ1) is 24.6. The van der Waals surface area contributed by atoms with Crippen LogP contribution in [0, 0.1) is 0 Å². The number of aromatic nitrogens is 2. The maximum atomic E-state index is 6.39. The maximum Gasteiger partial charge on any atom is 0.494 e. The highest BCUT2D eigenvalue weighted by Gasteiger charge is 2.52. The summed E-state index contributed by atoms with van der Waals surface area (Å²) in [6.07, 6.45) is 3.88. The minimum atomic E-state index is -0.566. The van der Waals surface area contributed by atoms with E-state index >= 15 is 0 Å². The molecule has 2 aromatic heterocycles. The van der Waals surface area contributed by atoms with Crippen molar-refractivity contribution in [1.82, 2.24) is 9.55 Å². The second kappa shape index (κ2) is 8.42. The van der Waals surface area contributed by atoms with Gasteiger partial charge in [0.25, 0.3) is 0 Å². The molecule has 2 aliphatic rings. The molecule has 6 aromatic rings. The van der Waals surface area contributed by atoms with Gasteiger partial charge in [0.2, 0.25) is 0 Å². The van der Waals surface area contributed by atoms with Crippen molar-refractivity contribution < 1.29 is 9.31 Å². The molecule has 2 aliphatic heterocycles. The Kier molecular flexibility index (Phi) is 5.05. The van der Waals surface area contributed by atoms with Gasteiger partial charge in [-0.15, -0.1) is 0 Å². The van der Waals surface area contributed by atoms with Gasteiger partial charge < -0.3 is 13.9 Å². The summed E-state index contributed by atoms with van der Waals surface area (Å²) in [5, 5.41) is 2.52. The van der Waals surface area contributed by atoms with Gasteiger partial charge in [-0.2, -0.15) is 0 Å². The first-order valence-electron chi connectivity index (χ1n) is 14.3. The fourth-order valence-electron chi connectivity index (χ4n) is 6.94. The Balaban J connectivity index is 1.43. The molecule has 0 amide bonds. The first-order valence-corrected chi connectivity index (χ1v) is 14.3. The van der Waals surface area contributed by atoms with E-state index in [2.05, 4.69) is 134 Å². The zero-order valence-corrected chi connectivity index (χ0v) is 23.8. The lowest BCUT2D eigenvalue weighted by Gasteiger charge is -2.41. The average Bonchev–Trinajstić information content (AvgIpc) is 3.44. The zero-order valence-electron chi connectivity index (χ0n) is 23.8. The number of hydrogen-bond acceptors (Lipinski definition) is 3. The second-order valence-corrected chi connectivity index (χ2v) is 12.3. The van der Waals surface area contributed by atoms with Crippen molar-refractivity contribution in [3.05, 3.63) is 138 Å². The minimum Gasteiger partial charge on any atom is -0.399 e. The molecule has 4 aromatic carbocycles. The van der Waals surface area contributed by atoms with Crippen LogP contribution in [-0.4, -0.2) is 27.9 Å². The van der Waals surface area contributed by atoms with E-state index in [0.717, 1.165) is 11.0 Å². The fourth-order valence-corrected chi connectivity index (χ4v) is 6.94. The van der Waals surface area contributed by atoms with Crippen LogP contribution in [0.4, 0.5) is 0 Å². The molecule has 1 fully saturated rings. The van der Waals surface area contributed by atoms with Crippen LogP contribution < -0.4 is 5.46 Å². The Bertz CT molecular complexity index is 1940. The number of fused-ring (bicyclic) bond motifs is 5. The molecule has 5 heteroatoms. The van der Waals surface area contributed by atoms with Crippen molar-refractivity contribution >= 4 is 34.4 Å². The average molecular weight is 534 g/mol. The van der Waals surface area contributed by atoms with Gasteiger partial charge in [0, 0.05) is 23.2 Å². The van der Waals surface area contributed by atoms with E-state index in [4.69, 9.17) is 9.31 Å². The van der Waals surface area contributed by atoms with Crippen molar-refractivity contribution in [2.45, 2.75) is 44.3 Å². The van der Waals surface area contributed by atoms with Crippen molar-refractivity contribution in [1.29, 1.82) is 0 Å². The van der Waals surface area contributed by atoms with E-state index in [1.165, 1.54) is 44.2 Å². The smallest absolute Gasteiger partial charge is 0.399 e. The van der Waals surface area contributed by atoms with Crippen molar-refractivity contribution in [2.24, 2.45) is 0 Å². The van der Waals surface area contributed by atoms with Gasteiger partial charge in [0.1, 0.15) is 0 Å². The Labute approximate surface area is 240 Å². The number of hydrogen-bond donors (Lipinski definition) is 0. The molecule has 4 heterocycles. The zero-order chi connectivity index (χ0) is 28.0. The summed E-state index contributed by atoms with van der Waals surface area (Å²) < 4.78 is 15.2. The Morgan fingerprint density at radius 1 is 0.634 bits per heavy atom. The molecule has 0 radical (unpaired) electrons. The molecule has 41 heavy (non-hydrogen) atoms. The second-order valence-electron chi connectivity index (χ2n) is 12.3. The summed E-state index contributed by atoms with van der Waals surface area (Å²) in [6.45, 7) is 8.38. The van der Waals surface area contributed by atoms with E-state index in [1.807, 2.05) is 18.5 Å². The normalized spacial score (nSPS) is 20.4. The van der Waals surface area contributed by atoms with Crippen LogP contribution in [-0.2, 0) is 14.7 Å². The number of pyridine rings is 1. The van der Waals surface area contributed by atoms with Gasteiger partial charge in [0.15, 0.2) is 0 Å². The third kappa shape index (κ3) is 3.22. The van der Waals surface area contributed by atoms with E-state index in [1.54, 1.807) is 0 Å². The molecule has 0 saturated carbocycles. The molecule has 8 rings (SSSR count). The molecule has 0 aliphatic carbocycles. The van der Waals surface area contributed by atoms with Crippen LogP contribution in [0.3, 0.4) is 0 Å². The molecule has 200 valence electrons. The molecule has 0 bridgehead atoms. The summed E-state index contributed by atoms with van der Waals surface area (Å²) in [5.41, 5.74) is 8.13. The van der Waals surface area contributed by atoms with E-state index < -0.39 is 23.7 Å². The molecule has 1 unspecified atom stereocenters. The molecular formula is C36H31BN2O2. The topological polar surface area (TPSA) is 36.3 Å². The first-order chi connectivity index (χ1) is 19.8. The Morgan fingerprint density at radius 3 is 2.07 bits per heavy atom. The standard InChI is InChI=1S/C36H31BN2O2/c1-34(2)35(3,4)41-37(40-34)26-20-18-24(19-21-26)36(25-11-10-22-38-23-25)29-14-6-8-17-32(29)39-31-16-7-5-12-27(31)28-13-9-15-30(36)33(28)39/h5-23H,1-4H3. The van der Waals surface area contributed by atoms with Crippen LogP contribution in [0.2, 0.25) is 0 Å². The third-order valence-corrected chi connectivity index (χ3v) is 9.61. The van der Waals surface area contributed by atoms with Gasteiger partial charge in [-0.25, -0.2) is 0 Å². The molecule has 0 spiro atoms. The predicted molar refractivity (Wildman–Crippen MR) is 166 cm³/mol. The minimum absolute atomic E-state index is 0.390. The Morgan fingerprint density at radius 2 is 1.32 bits per heavy atom. The monoisotopic (exact) mass is 534 g/mol. The summed E-state index contributed by atoms with van der Waals surface area (Å²) in [5.74, 6) is 0. The van der Waals surface area contributed by atoms with Gasteiger partial charge in [-0.05, 0) is 73.6 Å². The number of rotatable bonds is 3. The van der Waals surface area contributed by atoms with Gasteiger partial charge in [-0.3, -0.25) is 4.98 Å². The lowest BCUT2D eigenvalue weighted by atomic mass is 9.63. The van der Waals surface area contributed by atoms with E-state index in [9.17, 15) is 0 Å². The molecule has 1 saturated heterocycles. The van der Waals surface area contributed by atoms with Crippen LogP contribution in [0.15, 0.2) is 116 Å². The SMILES string of the molecule is CC1(C)OB(c2ccc(C3(c4cccnc4)c4ccccc4-n4c5ccccc5c5cccc3c54)cc2)OC1(C)C. The van der Waals surface area contributed by atoms with Crippen LogP contribution in [0.5, 0.6) is 0 Å².